The molecule has 1 aliphatic heterocycles. The van der Waals surface area contributed by atoms with Gasteiger partial charge in [-0.2, -0.15) is 5.10 Å². The molecule has 0 unspecified atom stereocenters. The molecular formula is C22H24F3N7O2. The number of benzene rings is 1. The summed E-state index contributed by atoms with van der Waals surface area (Å²) in [5.41, 5.74) is 2.25. The van der Waals surface area contributed by atoms with Gasteiger partial charge in [0.05, 0.1) is 5.69 Å². The molecule has 0 bridgehead atoms. The SMILES string of the molecule is Cc1cc(C)n(-c2cc(N3CCN(C(=O)Nc4ccc(OC(F)(F)F)cc4)CC3)nc(C)n2)n1. The molecule has 0 aliphatic carbocycles. The molecule has 2 amide bonds. The lowest BCUT2D eigenvalue weighted by Gasteiger charge is -2.35. The summed E-state index contributed by atoms with van der Waals surface area (Å²) in [6.07, 6.45) is -4.76. The smallest absolute Gasteiger partial charge is 0.406 e. The van der Waals surface area contributed by atoms with Crippen LogP contribution in [0.25, 0.3) is 5.82 Å². The third-order valence-electron chi connectivity index (χ3n) is 5.27. The molecule has 180 valence electrons. The molecular weight excluding hydrogens is 451 g/mol. The molecule has 4 rings (SSSR count). The van der Waals surface area contributed by atoms with E-state index in [1.165, 1.54) is 12.1 Å². The molecule has 1 aromatic carbocycles. The van der Waals surface area contributed by atoms with Gasteiger partial charge in [-0.05, 0) is 51.1 Å². The number of nitrogens with one attached hydrogen (secondary N) is 1. The van der Waals surface area contributed by atoms with Crippen molar-refractivity contribution in [2.24, 2.45) is 0 Å². The van der Waals surface area contributed by atoms with Gasteiger partial charge in [0.15, 0.2) is 5.82 Å². The number of alkyl halides is 3. The maximum atomic E-state index is 12.6. The lowest BCUT2D eigenvalue weighted by molar-refractivity contribution is -0.274. The minimum absolute atomic E-state index is 0.327. The van der Waals surface area contributed by atoms with Crippen LogP contribution in [0.1, 0.15) is 17.2 Å². The average molecular weight is 475 g/mol. The monoisotopic (exact) mass is 475 g/mol. The third-order valence-corrected chi connectivity index (χ3v) is 5.27. The van der Waals surface area contributed by atoms with Gasteiger partial charge in [-0.15, -0.1) is 13.2 Å². The number of nitrogens with zero attached hydrogens (tertiary/aromatic N) is 6. The third kappa shape index (κ3) is 5.56. The number of aromatic nitrogens is 4. The van der Waals surface area contributed by atoms with Gasteiger partial charge in [0.1, 0.15) is 17.4 Å². The zero-order chi connectivity index (χ0) is 24.5. The molecule has 1 aliphatic rings. The Balaban J connectivity index is 1.37. The summed E-state index contributed by atoms with van der Waals surface area (Å²) < 4.78 is 42.5. The number of amides is 2. The number of halogens is 3. The molecule has 0 atom stereocenters. The van der Waals surface area contributed by atoms with Crippen molar-refractivity contribution in [2.75, 3.05) is 36.4 Å². The normalized spacial score (nSPS) is 14.3. The van der Waals surface area contributed by atoms with Crippen molar-refractivity contribution in [1.82, 2.24) is 24.6 Å². The van der Waals surface area contributed by atoms with Gasteiger partial charge in [-0.1, -0.05) is 0 Å². The first-order valence-electron chi connectivity index (χ1n) is 10.6. The van der Waals surface area contributed by atoms with E-state index in [4.69, 9.17) is 0 Å². The van der Waals surface area contributed by atoms with Crippen molar-refractivity contribution in [3.05, 3.63) is 53.6 Å². The number of anilines is 2. The molecule has 1 N–H and O–H groups in total. The molecule has 1 saturated heterocycles. The summed E-state index contributed by atoms with van der Waals surface area (Å²) in [6.45, 7) is 7.77. The van der Waals surface area contributed by atoms with E-state index in [0.29, 0.717) is 43.5 Å². The number of rotatable bonds is 4. The van der Waals surface area contributed by atoms with Crippen LogP contribution < -0.4 is 15.0 Å². The second-order valence-corrected chi connectivity index (χ2v) is 7.95. The molecule has 1 fully saturated rings. The summed E-state index contributed by atoms with van der Waals surface area (Å²) in [5.74, 6) is 1.72. The highest BCUT2D eigenvalue weighted by Gasteiger charge is 2.31. The molecule has 0 spiro atoms. The van der Waals surface area contributed by atoms with E-state index in [1.807, 2.05) is 32.9 Å². The van der Waals surface area contributed by atoms with E-state index in [9.17, 15) is 18.0 Å². The number of carbonyl (C=O) groups is 1. The van der Waals surface area contributed by atoms with Crippen LogP contribution in [-0.4, -0.2) is 63.2 Å². The second-order valence-electron chi connectivity index (χ2n) is 7.95. The van der Waals surface area contributed by atoms with Crippen LogP contribution in [0.5, 0.6) is 5.75 Å². The van der Waals surface area contributed by atoms with Crippen LogP contribution in [0.3, 0.4) is 0 Å². The zero-order valence-electron chi connectivity index (χ0n) is 18.9. The highest BCUT2D eigenvalue weighted by Crippen LogP contribution is 2.24. The van der Waals surface area contributed by atoms with Crippen molar-refractivity contribution in [2.45, 2.75) is 27.1 Å². The van der Waals surface area contributed by atoms with Crippen LogP contribution >= 0.6 is 0 Å². The minimum Gasteiger partial charge on any atom is -0.406 e. The minimum atomic E-state index is -4.76. The number of hydrogen-bond acceptors (Lipinski definition) is 6. The number of aryl methyl sites for hydroxylation is 3. The van der Waals surface area contributed by atoms with Gasteiger partial charge in [0, 0.05) is 43.6 Å². The zero-order valence-corrected chi connectivity index (χ0v) is 18.9. The first-order valence-corrected chi connectivity index (χ1v) is 10.6. The maximum Gasteiger partial charge on any atom is 0.573 e. The van der Waals surface area contributed by atoms with Crippen molar-refractivity contribution in [3.63, 3.8) is 0 Å². The summed E-state index contributed by atoms with van der Waals surface area (Å²) in [5, 5.41) is 7.19. The average Bonchev–Trinajstić information content (AvgIpc) is 3.11. The molecule has 9 nitrogen and oxygen atoms in total. The summed E-state index contributed by atoms with van der Waals surface area (Å²) in [4.78, 5) is 25.4. The Hall–Kier alpha value is -3.83. The molecule has 3 heterocycles. The van der Waals surface area contributed by atoms with Crippen LogP contribution in [-0.2, 0) is 0 Å². The number of carbonyl (C=O) groups excluding carboxylic acids is 1. The van der Waals surface area contributed by atoms with Crippen LogP contribution in [0.2, 0.25) is 0 Å². The van der Waals surface area contributed by atoms with E-state index in [-0.39, 0.29) is 11.8 Å². The van der Waals surface area contributed by atoms with Gasteiger partial charge < -0.3 is 19.9 Å². The van der Waals surface area contributed by atoms with Gasteiger partial charge in [0.2, 0.25) is 0 Å². The molecule has 0 radical (unpaired) electrons. The lowest BCUT2D eigenvalue weighted by atomic mass is 10.3. The molecule has 34 heavy (non-hydrogen) atoms. The summed E-state index contributed by atoms with van der Waals surface area (Å²) in [7, 11) is 0. The van der Waals surface area contributed by atoms with Gasteiger partial charge in [-0.25, -0.2) is 19.4 Å². The van der Waals surface area contributed by atoms with E-state index >= 15 is 0 Å². The quantitative estimate of drug-likeness (QED) is 0.617. The fourth-order valence-corrected chi connectivity index (χ4v) is 3.75. The highest BCUT2D eigenvalue weighted by atomic mass is 19.4. The van der Waals surface area contributed by atoms with Crippen LogP contribution in [0.15, 0.2) is 36.4 Å². The fourth-order valence-electron chi connectivity index (χ4n) is 3.75. The van der Waals surface area contributed by atoms with E-state index in [2.05, 4.69) is 30.0 Å². The topological polar surface area (TPSA) is 88.4 Å². The molecule has 3 aromatic rings. The first kappa shape index (κ1) is 23.3. The Kier molecular flexibility index (Phi) is 6.31. The number of hydrogen-bond donors (Lipinski definition) is 1. The van der Waals surface area contributed by atoms with E-state index in [0.717, 1.165) is 29.3 Å². The number of urea groups is 1. The lowest BCUT2D eigenvalue weighted by Crippen LogP contribution is -2.50. The van der Waals surface area contributed by atoms with Gasteiger partial charge in [0.25, 0.3) is 0 Å². The summed E-state index contributed by atoms with van der Waals surface area (Å²) in [6, 6.07) is 8.56. The fraction of sp³-hybridized carbons (Fsp3) is 0.364. The summed E-state index contributed by atoms with van der Waals surface area (Å²) >= 11 is 0. The molecule has 0 saturated carbocycles. The Labute approximate surface area is 194 Å². The molecule has 12 heteroatoms. The predicted octanol–water partition coefficient (Wildman–Crippen LogP) is 3.84. The standard InChI is InChI=1S/C22H24F3N7O2/c1-14-12-15(2)32(29-14)20-13-19(26-16(3)27-20)30-8-10-31(11-9-30)21(33)28-17-4-6-18(7-5-17)34-22(23,24)25/h4-7,12-13H,8-11H2,1-3H3,(H,28,33). The Morgan fingerprint density at radius 2 is 1.62 bits per heavy atom. The maximum absolute atomic E-state index is 12.6. The number of piperazine rings is 1. The van der Waals surface area contributed by atoms with E-state index in [1.54, 1.807) is 9.58 Å². The van der Waals surface area contributed by atoms with Crippen LogP contribution in [0.4, 0.5) is 29.5 Å². The van der Waals surface area contributed by atoms with Gasteiger partial charge >= 0.3 is 12.4 Å². The Bertz CT molecular complexity index is 1170. The van der Waals surface area contributed by atoms with Crippen molar-refractivity contribution in [3.8, 4) is 11.6 Å². The highest BCUT2D eigenvalue weighted by molar-refractivity contribution is 5.89. The number of ether oxygens (including phenoxy) is 1. The Morgan fingerprint density at radius 3 is 2.21 bits per heavy atom. The molecule has 2 aromatic heterocycles. The predicted molar refractivity (Wildman–Crippen MR) is 119 cm³/mol. The van der Waals surface area contributed by atoms with Crippen molar-refractivity contribution < 1.29 is 22.7 Å². The first-order chi connectivity index (χ1) is 16.1. The van der Waals surface area contributed by atoms with E-state index < -0.39 is 6.36 Å². The second kappa shape index (κ2) is 9.20. The van der Waals surface area contributed by atoms with Crippen LogP contribution in [0, 0.1) is 20.8 Å². The van der Waals surface area contributed by atoms with Crippen molar-refractivity contribution in [1.29, 1.82) is 0 Å². The Morgan fingerprint density at radius 1 is 0.971 bits per heavy atom. The van der Waals surface area contributed by atoms with Gasteiger partial charge in [-0.3, -0.25) is 0 Å². The van der Waals surface area contributed by atoms with Crippen molar-refractivity contribution >= 4 is 17.5 Å². The largest absolute Gasteiger partial charge is 0.573 e.